The average molecular weight is 487 g/mol. The number of hydrogen-bond donors (Lipinski definition) is 2. The number of ether oxygens (including phenoxy) is 2. The maximum absolute atomic E-state index is 13.2. The topological polar surface area (TPSA) is 93.7 Å². The fourth-order valence-electron chi connectivity index (χ4n) is 3.40. The smallest absolute Gasteiger partial charge is 0.241 e. The Morgan fingerprint density at radius 1 is 0.912 bits per heavy atom. The predicted molar refractivity (Wildman–Crippen MR) is 127 cm³/mol. The van der Waals surface area contributed by atoms with Crippen LogP contribution in [0.15, 0.2) is 77.7 Å². The molecule has 3 aromatic rings. The van der Waals surface area contributed by atoms with Crippen LogP contribution in [0.1, 0.15) is 11.1 Å². The fourth-order valence-corrected chi connectivity index (χ4v) is 4.59. The monoisotopic (exact) mass is 486 g/mol. The van der Waals surface area contributed by atoms with E-state index in [1.165, 1.54) is 0 Å². The zero-order valence-corrected chi connectivity index (χ0v) is 19.8. The molecule has 0 bridgehead atoms. The minimum Gasteiger partial charge on any atom is -0.493 e. The summed E-state index contributed by atoms with van der Waals surface area (Å²) in [6.45, 7) is 0.290. The van der Waals surface area contributed by atoms with E-state index < -0.39 is 27.8 Å². The third-order valence-corrected chi connectivity index (χ3v) is 6.67. The summed E-state index contributed by atoms with van der Waals surface area (Å²) in [6, 6.07) is 18.0. The summed E-state index contributed by atoms with van der Waals surface area (Å²) in [5.41, 5.74) is 1.72. The number of hydrogen-bond acceptors (Lipinski definition) is 5. The molecule has 3 rings (SSSR count). The number of amides is 1. The Morgan fingerprint density at radius 2 is 1.59 bits per heavy atom. The molecular weight excluding hydrogens is 459 g/mol. The summed E-state index contributed by atoms with van der Waals surface area (Å²) in [4.78, 5) is 12.9. The maximum atomic E-state index is 13.2. The van der Waals surface area contributed by atoms with Gasteiger partial charge >= 0.3 is 0 Å². The lowest BCUT2D eigenvalue weighted by Gasteiger charge is -2.19. The van der Waals surface area contributed by atoms with Gasteiger partial charge in [0.15, 0.2) is 11.5 Å². The SMILES string of the molecule is COc1ccc(CCNC(=O)C(Cc2ccccc2)NS(=O)(=O)c2ccc(F)cc2)cc1OC. The average Bonchev–Trinajstić information content (AvgIpc) is 2.84. The molecule has 0 aliphatic rings. The first-order valence-corrected chi connectivity index (χ1v) is 12.1. The van der Waals surface area contributed by atoms with E-state index in [9.17, 15) is 17.6 Å². The second kappa shape index (κ2) is 11.6. The molecule has 1 unspecified atom stereocenters. The molecular formula is C25H27FN2O5S. The van der Waals surface area contributed by atoms with Crippen LogP contribution in [0.5, 0.6) is 11.5 Å². The second-order valence-corrected chi connectivity index (χ2v) is 9.26. The Bertz CT molecular complexity index is 1200. The van der Waals surface area contributed by atoms with Crippen LogP contribution in [0.4, 0.5) is 4.39 Å². The number of sulfonamides is 1. The Labute approximate surface area is 199 Å². The van der Waals surface area contributed by atoms with Gasteiger partial charge in [-0.05, 0) is 60.4 Å². The zero-order valence-electron chi connectivity index (χ0n) is 19.0. The molecule has 1 amide bonds. The molecule has 0 radical (unpaired) electrons. The first kappa shape index (κ1) is 25.2. The number of rotatable bonds is 11. The van der Waals surface area contributed by atoms with Crippen molar-refractivity contribution in [3.05, 3.63) is 89.7 Å². The lowest BCUT2D eigenvalue weighted by atomic mass is 10.1. The molecule has 0 saturated heterocycles. The Balaban J connectivity index is 1.71. The summed E-state index contributed by atoms with van der Waals surface area (Å²) < 4.78 is 51.9. The van der Waals surface area contributed by atoms with Crippen molar-refractivity contribution in [3.8, 4) is 11.5 Å². The molecule has 0 aromatic heterocycles. The molecule has 1 atom stereocenters. The van der Waals surface area contributed by atoms with Gasteiger partial charge in [-0.3, -0.25) is 4.79 Å². The minimum absolute atomic E-state index is 0.120. The first-order valence-electron chi connectivity index (χ1n) is 10.6. The number of benzene rings is 3. The van der Waals surface area contributed by atoms with Gasteiger partial charge in [0.05, 0.1) is 19.1 Å². The van der Waals surface area contributed by atoms with Gasteiger partial charge in [-0.1, -0.05) is 36.4 Å². The van der Waals surface area contributed by atoms with Gasteiger partial charge in [0, 0.05) is 6.54 Å². The quantitative estimate of drug-likeness (QED) is 0.435. The normalized spacial score (nSPS) is 12.1. The molecule has 34 heavy (non-hydrogen) atoms. The number of carbonyl (C=O) groups is 1. The van der Waals surface area contributed by atoms with E-state index in [2.05, 4.69) is 10.0 Å². The molecule has 7 nitrogen and oxygen atoms in total. The summed E-state index contributed by atoms with van der Waals surface area (Å²) in [5, 5.41) is 2.80. The standard InChI is InChI=1S/C25H27FN2O5S/c1-32-23-13-8-19(17-24(23)33-2)14-15-27-25(29)22(16-18-6-4-3-5-7-18)28-34(30,31)21-11-9-20(26)10-12-21/h3-13,17,22,28H,14-16H2,1-2H3,(H,27,29). The zero-order chi connectivity index (χ0) is 24.6. The highest BCUT2D eigenvalue weighted by Gasteiger charge is 2.26. The molecule has 180 valence electrons. The van der Waals surface area contributed by atoms with Crippen molar-refractivity contribution in [1.82, 2.24) is 10.0 Å². The fraction of sp³-hybridized carbons (Fsp3) is 0.240. The summed E-state index contributed by atoms with van der Waals surface area (Å²) in [7, 11) is -0.944. The molecule has 2 N–H and O–H groups in total. The van der Waals surface area contributed by atoms with Crippen LogP contribution in [0.25, 0.3) is 0 Å². The number of nitrogens with one attached hydrogen (secondary N) is 2. The van der Waals surface area contributed by atoms with Gasteiger partial charge in [-0.2, -0.15) is 4.72 Å². The van der Waals surface area contributed by atoms with E-state index in [0.29, 0.717) is 17.9 Å². The van der Waals surface area contributed by atoms with Crippen LogP contribution in [0.2, 0.25) is 0 Å². The van der Waals surface area contributed by atoms with Gasteiger partial charge in [0.25, 0.3) is 0 Å². The van der Waals surface area contributed by atoms with Gasteiger partial charge < -0.3 is 14.8 Å². The molecule has 0 aliphatic heterocycles. The van der Waals surface area contributed by atoms with Crippen molar-refractivity contribution in [1.29, 1.82) is 0 Å². The van der Waals surface area contributed by atoms with E-state index in [1.807, 2.05) is 42.5 Å². The molecule has 0 spiro atoms. The lowest BCUT2D eigenvalue weighted by Crippen LogP contribution is -2.48. The van der Waals surface area contributed by atoms with E-state index in [4.69, 9.17) is 9.47 Å². The van der Waals surface area contributed by atoms with Gasteiger partial charge in [-0.25, -0.2) is 12.8 Å². The Kier molecular flexibility index (Phi) is 8.61. The van der Waals surface area contributed by atoms with Gasteiger partial charge in [0.1, 0.15) is 11.9 Å². The lowest BCUT2D eigenvalue weighted by molar-refractivity contribution is -0.122. The highest BCUT2D eigenvalue weighted by molar-refractivity contribution is 7.89. The highest BCUT2D eigenvalue weighted by Crippen LogP contribution is 2.27. The highest BCUT2D eigenvalue weighted by atomic mass is 32.2. The van der Waals surface area contributed by atoms with E-state index in [0.717, 1.165) is 35.4 Å². The van der Waals surface area contributed by atoms with Crippen LogP contribution in [-0.4, -0.2) is 41.1 Å². The summed E-state index contributed by atoms with van der Waals surface area (Å²) in [6.07, 6.45) is 0.665. The Hall–Kier alpha value is -3.43. The predicted octanol–water partition coefficient (Wildman–Crippen LogP) is 3.09. The molecule has 0 heterocycles. The first-order chi connectivity index (χ1) is 16.3. The molecule has 0 aliphatic carbocycles. The van der Waals surface area contributed by atoms with Crippen LogP contribution in [0, 0.1) is 5.82 Å². The van der Waals surface area contributed by atoms with Crippen molar-refractivity contribution < 1.29 is 27.1 Å². The summed E-state index contributed by atoms with van der Waals surface area (Å²) >= 11 is 0. The third kappa shape index (κ3) is 6.79. The number of carbonyl (C=O) groups excluding carboxylic acids is 1. The van der Waals surface area contributed by atoms with Crippen LogP contribution in [0.3, 0.4) is 0 Å². The molecule has 0 saturated carbocycles. The third-order valence-electron chi connectivity index (χ3n) is 5.18. The van der Waals surface area contributed by atoms with Crippen LogP contribution < -0.4 is 19.5 Å². The largest absolute Gasteiger partial charge is 0.493 e. The maximum Gasteiger partial charge on any atom is 0.241 e. The molecule has 0 fully saturated rings. The Morgan fingerprint density at radius 3 is 2.24 bits per heavy atom. The van der Waals surface area contributed by atoms with Crippen LogP contribution >= 0.6 is 0 Å². The van der Waals surface area contributed by atoms with Crippen molar-refractivity contribution in [2.45, 2.75) is 23.8 Å². The van der Waals surface area contributed by atoms with Crippen molar-refractivity contribution in [2.24, 2.45) is 0 Å². The minimum atomic E-state index is -4.04. The van der Waals surface area contributed by atoms with Crippen LogP contribution in [-0.2, 0) is 27.7 Å². The molecule has 3 aromatic carbocycles. The van der Waals surface area contributed by atoms with E-state index in [-0.39, 0.29) is 17.9 Å². The second-order valence-electron chi connectivity index (χ2n) is 7.55. The van der Waals surface area contributed by atoms with E-state index in [1.54, 1.807) is 20.3 Å². The van der Waals surface area contributed by atoms with Gasteiger partial charge in [-0.15, -0.1) is 0 Å². The van der Waals surface area contributed by atoms with E-state index >= 15 is 0 Å². The number of methoxy groups -OCH3 is 2. The molecule has 9 heteroatoms. The van der Waals surface area contributed by atoms with Crippen molar-refractivity contribution in [3.63, 3.8) is 0 Å². The number of halogens is 1. The summed E-state index contributed by atoms with van der Waals surface area (Å²) in [5.74, 6) is 0.177. The van der Waals surface area contributed by atoms with Crippen molar-refractivity contribution in [2.75, 3.05) is 20.8 Å². The van der Waals surface area contributed by atoms with Crippen molar-refractivity contribution >= 4 is 15.9 Å². The van der Waals surface area contributed by atoms with Gasteiger partial charge in [0.2, 0.25) is 15.9 Å².